The molecule has 4 N–H and O–H groups in total. The number of anilines is 1. The highest BCUT2D eigenvalue weighted by molar-refractivity contribution is 5.90. The van der Waals surface area contributed by atoms with E-state index in [-0.39, 0.29) is 11.8 Å². The Labute approximate surface area is 111 Å². The van der Waals surface area contributed by atoms with Gasteiger partial charge in [-0.1, -0.05) is 0 Å². The summed E-state index contributed by atoms with van der Waals surface area (Å²) in [7, 11) is 0. The molecule has 1 aliphatic heterocycles. The second kappa shape index (κ2) is 6.08. The monoisotopic (exact) mass is 263 g/mol. The molecule has 0 aromatic heterocycles. The summed E-state index contributed by atoms with van der Waals surface area (Å²) in [6.07, 6.45) is 0.976. The van der Waals surface area contributed by atoms with Gasteiger partial charge in [0, 0.05) is 12.1 Å². The topological polar surface area (TPSA) is 93.4 Å². The quantitative estimate of drug-likeness (QED) is 0.516. The first-order valence-corrected chi connectivity index (χ1v) is 6.20. The molecule has 0 aliphatic carbocycles. The van der Waals surface area contributed by atoms with Gasteiger partial charge in [-0.15, -0.1) is 0 Å². The number of carbonyl (C=O) groups is 2. The lowest BCUT2D eigenvalue weighted by Crippen LogP contribution is -2.42. The van der Waals surface area contributed by atoms with Crippen molar-refractivity contribution < 1.29 is 14.3 Å². The van der Waals surface area contributed by atoms with E-state index >= 15 is 0 Å². The molecule has 1 aromatic carbocycles. The summed E-state index contributed by atoms with van der Waals surface area (Å²) in [6.45, 7) is 0.770. The van der Waals surface area contributed by atoms with E-state index < -0.39 is 6.04 Å². The first-order valence-electron chi connectivity index (χ1n) is 6.20. The average Bonchev–Trinajstić information content (AvgIpc) is 2.83. The summed E-state index contributed by atoms with van der Waals surface area (Å²) in [5.41, 5.74) is 6.23. The van der Waals surface area contributed by atoms with Gasteiger partial charge in [-0.25, -0.2) is 0 Å². The van der Waals surface area contributed by atoms with Crippen molar-refractivity contribution in [1.29, 1.82) is 0 Å². The first-order chi connectivity index (χ1) is 9.15. The van der Waals surface area contributed by atoms with E-state index in [1.807, 2.05) is 0 Å². The van der Waals surface area contributed by atoms with Crippen molar-refractivity contribution in [2.45, 2.75) is 18.9 Å². The molecule has 2 rings (SSSR count). The summed E-state index contributed by atoms with van der Waals surface area (Å²) < 4.78 is 5.44. The molecular formula is C13H17N3O3. The minimum atomic E-state index is -0.399. The molecule has 102 valence electrons. The van der Waals surface area contributed by atoms with Gasteiger partial charge in [-0.3, -0.25) is 9.59 Å². The van der Waals surface area contributed by atoms with Crippen LogP contribution in [0.2, 0.25) is 0 Å². The van der Waals surface area contributed by atoms with Gasteiger partial charge in [-0.05, 0) is 30.7 Å². The van der Waals surface area contributed by atoms with E-state index in [0.29, 0.717) is 37.4 Å². The van der Waals surface area contributed by atoms with E-state index in [9.17, 15) is 9.59 Å². The smallest absolute Gasteiger partial charge is 0.242 e. The zero-order valence-electron chi connectivity index (χ0n) is 10.5. The van der Waals surface area contributed by atoms with Crippen LogP contribution in [0.3, 0.4) is 0 Å². The van der Waals surface area contributed by atoms with Crippen molar-refractivity contribution >= 4 is 17.5 Å². The number of hydrogen-bond donors (Lipinski definition) is 3. The van der Waals surface area contributed by atoms with Crippen LogP contribution in [0.25, 0.3) is 0 Å². The number of nitrogens with two attached hydrogens (primary N) is 1. The van der Waals surface area contributed by atoms with Crippen molar-refractivity contribution in [2.24, 2.45) is 0 Å². The lowest BCUT2D eigenvalue weighted by molar-refractivity contribution is -0.125. The fourth-order valence-electron chi connectivity index (χ4n) is 1.84. The summed E-state index contributed by atoms with van der Waals surface area (Å²) >= 11 is 0. The number of nitrogen functional groups attached to an aromatic ring is 1. The standard InChI is InChI=1S/C13H17N3O3/c14-9-1-3-10(4-2-9)19-8-7-15-13(18)11-5-6-12(17)16-11/h1-4,11H,5-8,14H2,(H,15,18)(H,16,17)/t11-/m1/s1. The third kappa shape index (κ3) is 3.87. The zero-order chi connectivity index (χ0) is 13.7. The van der Waals surface area contributed by atoms with E-state index in [1.165, 1.54) is 0 Å². The van der Waals surface area contributed by atoms with Gasteiger partial charge in [-0.2, -0.15) is 0 Å². The second-order valence-electron chi connectivity index (χ2n) is 4.37. The normalized spacial score (nSPS) is 17.9. The summed E-state index contributed by atoms with van der Waals surface area (Å²) in [5, 5.41) is 5.34. The number of hydrogen-bond acceptors (Lipinski definition) is 4. The second-order valence-corrected chi connectivity index (χ2v) is 4.37. The number of carbonyl (C=O) groups excluding carboxylic acids is 2. The highest BCUT2D eigenvalue weighted by Gasteiger charge is 2.26. The molecule has 1 atom stereocenters. The number of ether oxygens (including phenoxy) is 1. The van der Waals surface area contributed by atoms with Crippen molar-refractivity contribution in [2.75, 3.05) is 18.9 Å². The van der Waals surface area contributed by atoms with Crippen LogP contribution in [0.4, 0.5) is 5.69 Å². The van der Waals surface area contributed by atoms with Crippen molar-refractivity contribution in [3.8, 4) is 5.75 Å². The third-order valence-electron chi connectivity index (χ3n) is 2.86. The number of benzene rings is 1. The molecule has 1 aromatic rings. The number of rotatable bonds is 5. The van der Waals surface area contributed by atoms with Gasteiger partial charge in [0.15, 0.2) is 0 Å². The van der Waals surface area contributed by atoms with Gasteiger partial charge >= 0.3 is 0 Å². The Morgan fingerprint density at radius 3 is 2.79 bits per heavy atom. The zero-order valence-corrected chi connectivity index (χ0v) is 10.5. The van der Waals surface area contributed by atoms with Gasteiger partial charge in [0.2, 0.25) is 11.8 Å². The Bertz CT molecular complexity index is 459. The Morgan fingerprint density at radius 1 is 1.42 bits per heavy atom. The third-order valence-corrected chi connectivity index (χ3v) is 2.86. The van der Waals surface area contributed by atoms with Gasteiger partial charge in [0.25, 0.3) is 0 Å². The maximum absolute atomic E-state index is 11.6. The molecule has 1 saturated heterocycles. The molecule has 1 aliphatic rings. The predicted molar refractivity (Wildman–Crippen MR) is 70.5 cm³/mol. The minimum Gasteiger partial charge on any atom is -0.492 e. The Morgan fingerprint density at radius 2 is 2.16 bits per heavy atom. The van der Waals surface area contributed by atoms with E-state index in [4.69, 9.17) is 10.5 Å². The van der Waals surface area contributed by atoms with Crippen LogP contribution in [0.1, 0.15) is 12.8 Å². The van der Waals surface area contributed by atoms with Crippen LogP contribution in [-0.4, -0.2) is 31.0 Å². The Balaban J connectivity index is 1.65. The van der Waals surface area contributed by atoms with Crippen LogP contribution < -0.4 is 21.1 Å². The van der Waals surface area contributed by atoms with Crippen LogP contribution >= 0.6 is 0 Å². The van der Waals surface area contributed by atoms with E-state index in [2.05, 4.69) is 10.6 Å². The molecule has 0 spiro atoms. The number of amides is 2. The maximum atomic E-state index is 11.6. The van der Waals surface area contributed by atoms with Gasteiger partial charge in [0.1, 0.15) is 18.4 Å². The predicted octanol–water partition coefficient (Wildman–Crippen LogP) is 0.0424. The molecule has 0 unspecified atom stereocenters. The van der Waals surface area contributed by atoms with Gasteiger partial charge in [0.05, 0.1) is 6.54 Å². The first kappa shape index (κ1) is 13.2. The molecular weight excluding hydrogens is 246 g/mol. The van der Waals surface area contributed by atoms with Crippen molar-refractivity contribution in [1.82, 2.24) is 10.6 Å². The van der Waals surface area contributed by atoms with Crippen LogP contribution in [-0.2, 0) is 9.59 Å². The van der Waals surface area contributed by atoms with Crippen LogP contribution in [0.5, 0.6) is 5.75 Å². The fraction of sp³-hybridized carbons (Fsp3) is 0.385. The summed E-state index contributed by atoms with van der Waals surface area (Å²) in [6, 6.07) is 6.65. The highest BCUT2D eigenvalue weighted by Crippen LogP contribution is 2.12. The Kier molecular flexibility index (Phi) is 4.22. The molecule has 1 heterocycles. The van der Waals surface area contributed by atoms with Crippen molar-refractivity contribution in [3.05, 3.63) is 24.3 Å². The fourth-order valence-corrected chi connectivity index (χ4v) is 1.84. The van der Waals surface area contributed by atoms with Crippen LogP contribution in [0.15, 0.2) is 24.3 Å². The summed E-state index contributed by atoms with van der Waals surface area (Å²) in [4.78, 5) is 22.6. The lowest BCUT2D eigenvalue weighted by Gasteiger charge is -2.11. The lowest BCUT2D eigenvalue weighted by atomic mass is 10.2. The number of nitrogens with one attached hydrogen (secondary N) is 2. The largest absolute Gasteiger partial charge is 0.492 e. The molecule has 0 saturated carbocycles. The molecule has 6 nitrogen and oxygen atoms in total. The van der Waals surface area contributed by atoms with Crippen molar-refractivity contribution in [3.63, 3.8) is 0 Å². The SMILES string of the molecule is Nc1ccc(OCCNC(=O)[C@H]2CCC(=O)N2)cc1. The molecule has 0 radical (unpaired) electrons. The van der Waals surface area contributed by atoms with Gasteiger partial charge < -0.3 is 21.1 Å². The molecule has 19 heavy (non-hydrogen) atoms. The maximum Gasteiger partial charge on any atom is 0.242 e. The highest BCUT2D eigenvalue weighted by atomic mass is 16.5. The minimum absolute atomic E-state index is 0.0710. The van der Waals surface area contributed by atoms with E-state index in [1.54, 1.807) is 24.3 Å². The molecule has 1 fully saturated rings. The average molecular weight is 263 g/mol. The molecule has 0 bridgehead atoms. The van der Waals surface area contributed by atoms with E-state index in [0.717, 1.165) is 0 Å². The van der Waals surface area contributed by atoms with Crippen LogP contribution in [0, 0.1) is 0 Å². The summed E-state index contributed by atoms with van der Waals surface area (Å²) in [5.74, 6) is 0.475. The molecule has 6 heteroatoms. The molecule has 2 amide bonds. The Hall–Kier alpha value is -2.24.